The summed E-state index contributed by atoms with van der Waals surface area (Å²) in [7, 11) is 0. The summed E-state index contributed by atoms with van der Waals surface area (Å²) in [6, 6.07) is 5.88. The second kappa shape index (κ2) is 10.3. The van der Waals surface area contributed by atoms with Crippen molar-refractivity contribution in [3.8, 4) is 11.1 Å². The average molecular weight is 504 g/mol. The van der Waals surface area contributed by atoms with Crippen LogP contribution in [-0.4, -0.2) is 55.0 Å². The summed E-state index contributed by atoms with van der Waals surface area (Å²) in [5, 5.41) is 28.2. The van der Waals surface area contributed by atoms with Crippen LogP contribution in [0.3, 0.4) is 0 Å². The van der Waals surface area contributed by atoms with Crippen molar-refractivity contribution in [1.82, 2.24) is 19.6 Å². The Balaban J connectivity index is 1.72. The van der Waals surface area contributed by atoms with E-state index in [1.165, 1.54) is 23.1 Å². The first-order chi connectivity index (χ1) is 17.2. The molecule has 9 nitrogen and oxygen atoms in total. The third-order valence-electron chi connectivity index (χ3n) is 5.27. The first-order valence-corrected chi connectivity index (χ1v) is 10.6. The Morgan fingerprint density at radius 3 is 2.61 bits per heavy atom. The Morgan fingerprint density at radius 2 is 1.89 bits per heavy atom. The Morgan fingerprint density at radius 1 is 1.08 bits per heavy atom. The number of nitrogens with zero attached hydrogens (tertiary/aromatic N) is 4. The number of nitrogens with one attached hydrogen (secondary N) is 2. The Bertz CT molecular complexity index is 1390. The Labute approximate surface area is 201 Å². The van der Waals surface area contributed by atoms with E-state index in [4.69, 9.17) is 0 Å². The molecule has 0 aliphatic rings. The maximum atomic E-state index is 13.9. The van der Waals surface area contributed by atoms with Crippen LogP contribution in [0, 0.1) is 5.82 Å². The highest BCUT2D eigenvalue weighted by Gasteiger charge is 2.32. The van der Waals surface area contributed by atoms with Crippen molar-refractivity contribution in [2.75, 3.05) is 23.8 Å². The van der Waals surface area contributed by atoms with Gasteiger partial charge in [-0.25, -0.2) is 18.9 Å². The third-order valence-corrected chi connectivity index (χ3v) is 5.27. The number of aliphatic hydroxyl groups excluding tert-OH is 2. The molecule has 4 N–H and O–H groups in total. The number of benzene rings is 1. The van der Waals surface area contributed by atoms with E-state index in [9.17, 15) is 32.6 Å². The zero-order chi connectivity index (χ0) is 25.9. The highest BCUT2D eigenvalue weighted by molar-refractivity contribution is 6.06. The van der Waals surface area contributed by atoms with Crippen molar-refractivity contribution in [3.63, 3.8) is 0 Å². The molecule has 188 valence electrons. The van der Waals surface area contributed by atoms with Gasteiger partial charge in [0.05, 0.1) is 23.9 Å². The van der Waals surface area contributed by atoms with Crippen LogP contribution < -0.4 is 10.6 Å². The zero-order valence-electron chi connectivity index (χ0n) is 18.5. The second-order valence-corrected chi connectivity index (χ2v) is 7.82. The smallest absolute Gasteiger partial charge is 0.396 e. The summed E-state index contributed by atoms with van der Waals surface area (Å²) in [5.41, 5.74) is -0.0303. The van der Waals surface area contributed by atoms with Gasteiger partial charge in [0.2, 0.25) is 0 Å². The Hall–Kier alpha value is -4.10. The van der Waals surface area contributed by atoms with Crippen molar-refractivity contribution in [2.24, 2.45) is 0 Å². The Kier molecular flexibility index (Phi) is 7.12. The van der Waals surface area contributed by atoms with Gasteiger partial charge in [-0.2, -0.15) is 18.3 Å². The first kappa shape index (κ1) is 25.0. The van der Waals surface area contributed by atoms with Crippen LogP contribution in [0.4, 0.5) is 29.1 Å². The molecule has 0 bridgehead atoms. The number of hydrogen-bond acceptors (Lipinski definition) is 7. The number of rotatable bonds is 8. The molecule has 1 amide bonds. The minimum Gasteiger partial charge on any atom is -0.396 e. The van der Waals surface area contributed by atoms with E-state index in [0.29, 0.717) is 35.0 Å². The minimum atomic E-state index is -4.84. The maximum absolute atomic E-state index is 13.9. The molecule has 0 aliphatic carbocycles. The van der Waals surface area contributed by atoms with Crippen molar-refractivity contribution >= 4 is 23.1 Å². The van der Waals surface area contributed by atoms with Gasteiger partial charge < -0.3 is 20.8 Å². The van der Waals surface area contributed by atoms with E-state index in [0.717, 1.165) is 0 Å². The third kappa shape index (κ3) is 5.58. The lowest BCUT2D eigenvalue weighted by Crippen LogP contribution is -2.26. The molecule has 4 rings (SSSR count). The number of fused-ring (bicyclic) bond motifs is 1. The van der Waals surface area contributed by atoms with Crippen LogP contribution in [0.1, 0.15) is 22.3 Å². The summed E-state index contributed by atoms with van der Waals surface area (Å²) in [6.45, 7) is -0.599. The molecule has 0 aliphatic heterocycles. The number of aromatic nitrogens is 4. The molecule has 0 fully saturated rings. The van der Waals surface area contributed by atoms with Gasteiger partial charge in [-0.1, -0.05) is 0 Å². The van der Waals surface area contributed by atoms with Crippen molar-refractivity contribution in [3.05, 3.63) is 72.1 Å². The van der Waals surface area contributed by atoms with Gasteiger partial charge >= 0.3 is 6.18 Å². The standard InChI is InChI=1S/C23H20F4N6O3/c24-17-6-14(5-16(8-17)23(25,26)27)22(36)32-19-7-15(9-28-21(19)31-18(11-35)3-4-34)13-1-2-20-29-12-30-33(20)10-13/h1-2,5-10,12,18,34-35H,3-4,11H2,(H,28,31)(H,32,36). The predicted octanol–water partition coefficient (Wildman–Crippen LogP) is 3.36. The van der Waals surface area contributed by atoms with Gasteiger partial charge in [-0.15, -0.1) is 0 Å². The van der Waals surface area contributed by atoms with E-state index in [1.807, 2.05) is 0 Å². The summed E-state index contributed by atoms with van der Waals surface area (Å²) in [4.78, 5) is 21.2. The molecule has 1 atom stereocenters. The summed E-state index contributed by atoms with van der Waals surface area (Å²) in [5.74, 6) is -2.13. The number of pyridine rings is 2. The van der Waals surface area contributed by atoms with Crippen molar-refractivity contribution in [1.29, 1.82) is 0 Å². The second-order valence-electron chi connectivity index (χ2n) is 7.82. The van der Waals surface area contributed by atoms with Gasteiger partial charge in [-0.3, -0.25) is 4.79 Å². The van der Waals surface area contributed by atoms with E-state index in [-0.39, 0.29) is 31.1 Å². The molecule has 3 heterocycles. The average Bonchev–Trinajstić information content (AvgIpc) is 3.31. The van der Waals surface area contributed by atoms with Gasteiger partial charge in [-0.05, 0) is 42.8 Å². The predicted molar refractivity (Wildman–Crippen MR) is 122 cm³/mol. The topological polar surface area (TPSA) is 125 Å². The number of aliphatic hydroxyl groups is 2. The molecule has 1 unspecified atom stereocenters. The van der Waals surface area contributed by atoms with Crippen molar-refractivity contribution < 1.29 is 32.6 Å². The molecule has 1 aromatic carbocycles. The molecule has 3 aromatic heterocycles. The van der Waals surface area contributed by atoms with Crippen LogP contribution in [0.25, 0.3) is 16.8 Å². The van der Waals surface area contributed by atoms with Crippen LogP contribution in [0.5, 0.6) is 0 Å². The van der Waals surface area contributed by atoms with E-state index >= 15 is 0 Å². The lowest BCUT2D eigenvalue weighted by molar-refractivity contribution is -0.137. The van der Waals surface area contributed by atoms with Crippen LogP contribution in [-0.2, 0) is 6.18 Å². The molecule has 0 spiro atoms. The lowest BCUT2D eigenvalue weighted by Gasteiger charge is -2.19. The maximum Gasteiger partial charge on any atom is 0.416 e. The quantitative estimate of drug-likeness (QED) is 0.271. The number of amides is 1. The number of hydrogen-bond donors (Lipinski definition) is 4. The molecule has 0 radical (unpaired) electrons. The van der Waals surface area contributed by atoms with E-state index < -0.39 is 35.1 Å². The monoisotopic (exact) mass is 504 g/mol. The molecule has 0 saturated heterocycles. The largest absolute Gasteiger partial charge is 0.416 e. The van der Waals surface area contributed by atoms with Gasteiger partial charge in [0.15, 0.2) is 5.65 Å². The number of carbonyl (C=O) groups is 1. The summed E-state index contributed by atoms with van der Waals surface area (Å²) < 4.78 is 54.7. The highest BCUT2D eigenvalue weighted by Crippen LogP contribution is 2.32. The zero-order valence-corrected chi connectivity index (χ0v) is 18.5. The van der Waals surface area contributed by atoms with Gasteiger partial charge in [0.1, 0.15) is 18.0 Å². The van der Waals surface area contributed by atoms with Crippen LogP contribution >= 0.6 is 0 Å². The molecular formula is C23H20F4N6O3. The van der Waals surface area contributed by atoms with E-state index in [2.05, 4.69) is 25.7 Å². The normalized spacial score (nSPS) is 12.5. The SMILES string of the molecule is O=C(Nc1cc(-c2ccc3ncnn3c2)cnc1NC(CO)CCO)c1cc(F)cc(C(F)(F)F)c1. The molecule has 13 heteroatoms. The number of carbonyl (C=O) groups excluding carboxylic acids is 1. The summed E-state index contributed by atoms with van der Waals surface area (Å²) in [6.07, 6.45) is -0.157. The van der Waals surface area contributed by atoms with Crippen molar-refractivity contribution in [2.45, 2.75) is 18.6 Å². The van der Waals surface area contributed by atoms with E-state index in [1.54, 1.807) is 18.3 Å². The molecule has 4 aromatic rings. The molecule has 0 saturated carbocycles. The fourth-order valence-electron chi connectivity index (χ4n) is 3.46. The number of halogens is 4. The number of alkyl halides is 3. The van der Waals surface area contributed by atoms with Crippen LogP contribution in [0.2, 0.25) is 0 Å². The number of anilines is 2. The highest BCUT2D eigenvalue weighted by atomic mass is 19.4. The minimum absolute atomic E-state index is 0.0606. The lowest BCUT2D eigenvalue weighted by atomic mass is 10.1. The van der Waals surface area contributed by atoms with Crippen LogP contribution in [0.15, 0.2) is 55.1 Å². The fourth-order valence-corrected chi connectivity index (χ4v) is 3.46. The molecule has 36 heavy (non-hydrogen) atoms. The summed E-state index contributed by atoms with van der Waals surface area (Å²) >= 11 is 0. The van der Waals surface area contributed by atoms with Gasteiger partial charge in [0.25, 0.3) is 5.91 Å². The first-order valence-electron chi connectivity index (χ1n) is 10.6. The van der Waals surface area contributed by atoms with Gasteiger partial charge in [0, 0.05) is 35.7 Å². The molecular weight excluding hydrogens is 484 g/mol. The fraction of sp³-hybridized carbons (Fsp3) is 0.217.